The molecular formula is C14H19N3. The number of nitriles is 1. The summed E-state index contributed by atoms with van der Waals surface area (Å²) in [6.45, 7) is 4.63. The predicted molar refractivity (Wildman–Crippen MR) is 68.6 cm³/mol. The van der Waals surface area contributed by atoms with E-state index in [0.717, 1.165) is 5.82 Å². The molecule has 3 heteroatoms. The van der Waals surface area contributed by atoms with Crippen LogP contribution in [-0.2, 0) is 0 Å². The zero-order chi connectivity index (χ0) is 12.3. The molecule has 17 heavy (non-hydrogen) atoms. The first kappa shape index (κ1) is 11.9. The second kappa shape index (κ2) is 4.75. The third kappa shape index (κ3) is 2.76. The Balaban J connectivity index is 2.06. The van der Waals surface area contributed by atoms with Gasteiger partial charge in [0.05, 0.1) is 5.56 Å². The van der Waals surface area contributed by atoms with Gasteiger partial charge >= 0.3 is 0 Å². The first-order chi connectivity index (χ1) is 8.12. The lowest BCUT2D eigenvalue weighted by Gasteiger charge is -2.39. The van der Waals surface area contributed by atoms with Crippen LogP contribution in [0, 0.1) is 16.7 Å². The van der Waals surface area contributed by atoms with Crippen LogP contribution in [0.4, 0.5) is 5.82 Å². The molecule has 0 saturated heterocycles. The second-order valence-electron chi connectivity index (χ2n) is 5.48. The highest BCUT2D eigenvalue weighted by Crippen LogP contribution is 2.36. The van der Waals surface area contributed by atoms with E-state index in [1.165, 1.54) is 25.7 Å². The van der Waals surface area contributed by atoms with Crippen LogP contribution in [-0.4, -0.2) is 11.0 Å². The summed E-state index contributed by atoms with van der Waals surface area (Å²) in [4.78, 5) is 4.28. The third-order valence-corrected chi connectivity index (χ3v) is 3.72. The van der Waals surface area contributed by atoms with Gasteiger partial charge in [-0.3, -0.25) is 0 Å². The molecule has 1 saturated carbocycles. The molecule has 1 aromatic rings. The number of hydrogen-bond donors (Lipinski definition) is 1. The van der Waals surface area contributed by atoms with Gasteiger partial charge in [-0.1, -0.05) is 26.7 Å². The smallest absolute Gasteiger partial charge is 0.126 e. The van der Waals surface area contributed by atoms with Crippen molar-refractivity contribution in [2.24, 2.45) is 5.41 Å². The molecular weight excluding hydrogens is 210 g/mol. The predicted octanol–water partition coefficient (Wildman–Crippen LogP) is 3.33. The van der Waals surface area contributed by atoms with Crippen LogP contribution < -0.4 is 5.32 Å². The molecule has 1 N–H and O–H groups in total. The van der Waals surface area contributed by atoms with E-state index in [9.17, 15) is 0 Å². The molecule has 1 aromatic heterocycles. The maximum absolute atomic E-state index is 8.72. The van der Waals surface area contributed by atoms with Gasteiger partial charge in [-0.2, -0.15) is 5.26 Å². The van der Waals surface area contributed by atoms with Crippen molar-refractivity contribution in [1.82, 2.24) is 4.98 Å². The minimum Gasteiger partial charge on any atom is -0.367 e. The van der Waals surface area contributed by atoms with Crippen LogP contribution in [0.1, 0.15) is 45.1 Å². The number of hydrogen-bond acceptors (Lipinski definition) is 3. The molecule has 1 atom stereocenters. The summed E-state index contributed by atoms with van der Waals surface area (Å²) < 4.78 is 0. The first-order valence-electron chi connectivity index (χ1n) is 6.24. The Bertz CT molecular complexity index is 414. The van der Waals surface area contributed by atoms with Gasteiger partial charge in [0, 0.05) is 12.2 Å². The minimum absolute atomic E-state index is 0.327. The number of aromatic nitrogens is 1. The van der Waals surface area contributed by atoms with Crippen LogP contribution in [0.5, 0.6) is 0 Å². The average molecular weight is 229 g/mol. The Hall–Kier alpha value is -1.56. The van der Waals surface area contributed by atoms with Crippen LogP contribution in [0.2, 0.25) is 0 Å². The minimum atomic E-state index is 0.327. The topological polar surface area (TPSA) is 48.7 Å². The Kier molecular flexibility index (Phi) is 3.33. The second-order valence-corrected chi connectivity index (χ2v) is 5.48. The molecule has 1 heterocycles. The lowest BCUT2D eigenvalue weighted by atomic mass is 9.73. The molecule has 2 rings (SSSR count). The molecule has 1 fully saturated rings. The molecule has 1 unspecified atom stereocenters. The van der Waals surface area contributed by atoms with Crippen molar-refractivity contribution in [2.45, 2.75) is 45.6 Å². The molecule has 0 amide bonds. The highest BCUT2D eigenvalue weighted by atomic mass is 15.0. The van der Waals surface area contributed by atoms with Crippen LogP contribution in [0.25, 0.3) is 0 Å². The Morgan fingerprint density at radius 3 is 2.82 bits per heavy atom. The molecule has 0 spiro atoms. The van der Waals surface area contributed by atoms with Gasteiger partial charge in [0.15, 0.2) is 0 Å². The molecule has 0 bridgehead atoms. The van der Waals surface area contributed by atoms with Crippen molar-refractivity contribution in [3.63, 3.8) is 0 Å². The van der Waals surface area contributed by atoms with Crippen molar-refractivity contribution in [3.8, 4) is 6.07 Å². The van der Waals surface area contributed by atoms with E-state index in [2.05, 4.69) is 30.2 Å². The number of pyridine rings is 1. The van der Waals surface area contributed by atoms with Gasteiger partial charge in [-0.25, -0.2) is 4.98 Å². The van der Waals surface area contributed by atoms with Gasteiger partial charge in [0.1, 0.15) is 11.9 Å². The Labute approximate surface area is 103 Å². The van der Waals surface area contributed by atoms with Crippen LogP contribution in [0.3, 0.4) is 0 Å². The summed E-state index contributed by atoms with van der Waals surface area (Å²) in [6.07, 6.45) is 6.71. The van der Waals surface area contributed by atoms with E-state index in [0.29, 0.717) is 17.0 Å². The highest BCUT2D eigenvalue weighted by molar-refractivity contribution is 5.40. The molecule has 0 aliphatic heterocycles. The van der Waals surface area contributed by atoms with Crippen LogP contribution >= 0.6 is 0 Å². The van der Waals surface area contributed by atoms with Crippen molar-refractivity contribution in [1.29, 1.82) is 5.26 Å². The normalized spacial score (nSPS) is 22.8. The van der Waals surface area contributed by atoms with Crippen molar-refractivity contribution in [2.75, 3.05) is 5.32 Å². The van der Waals surface area contributed by atoms with Gasteiger partial charge in [-0.15, -0.1) is 0 Å². The maximum atomic E-state index is 8.72. The SMILES string of the molecule is CC1(C)CCCCC1Nc1ccc(C#N)cn1. The highest BCUT2D eigenvalue weighted by Gasteiger charge is 2.32. The number of nitrogens with zero attached hydrogens (tertiary/aromatic N) is 2. The third-order valence-electron chi connectivity index (χ3n) is 3.72. The fraction of sp³-hybridized carbons (Fsp3) is 0.571. The summed E-state index contributed by atoms with van der Waals surface area (Å²) in [6, 6.07) is 6.27. The summed E-state index contributed by atoms with van der Waals surface area (Å²) in [5.41, 5.74) is 0.937. The lowest BCUT2D eigenvalue weighted by molar-refractivity contribution is 0.216. The van der Waals surface area contributed by atoms with Gasteiger partial charge in [0.2, 0.25) is 0 Å². The standard InChI is InChI=1S/C14H19N3/c1-14(2)8-4-3-5-12(14)17-13-7-6-11(9-15)10-16-13/h6-7,10,12H,3-5,8H2,1-2H3,(H,16,17). The van der Waals surface area contributed by atoms with Crippen LogP contribution in [0.15, 0.2) is 18.3 Å². The number of rotatable bonds is 2. The molecule has 90 valence electrons. The molecule has 1 aliphatic carbocycles. The fourth-order valence-electron chi connectivity index (χ4n) is 2.49. The monoisotopic (exact) mass is 229 g/mol. The summed E-state index contributed by atoms with van der Waals surface area (Å²) in [5, 5.41) is 12.2. The molecule has 1 aliphatic rings. The summed E-state index contributed by atoms with van der Waals surface area (Å²) in [5.74, 6) is 0.879. The number of anilines is 1. The first-order valence-corrected chi connectivity index (χ1v) is 6.24. The quantitative estimate of drug-likeness (QED) is 0.846. The zero-order valence-corrected chi connectivity index (χ0v) is 10.5. The molecule has 3 nitrogen and oxygen atoms in total. The maximum Gasteiger partial charge on any atom is 0.126 e. The largest absolute Gasteiger partial charge is 0.367 e. The van der Waals surface area contributed by atoms with E-state index in [4.69, 9.17) is 5.26 Å². The molecule has 0 aromatic carbocycles. The van der Waals surface area contributed by atoms with Crippen molar-refractivity contribution < 1.29 is 0 Å². The molecule has 0 radical (unpaired) electrons. The Morgan fingerprint density at radius 1 is 1.41 bits per heavy atom. The van der Waals surface area contributed by atoms with E-state index in [-0.39, 0.29) is 0 Å². The fourth-order valence-corrected chi connectivity index (χ4v) is 2.49. The van der Waals surface area contributed by atoms with Gasteiger partial charge < -0.3 is 5.32 Å². The number of nitrogens with one attached hydrogen (secondary N) is 1. The van der Waals surface area contributed by atoms with E-state index in [1.807, 2.05) is 12.1 Å². The lowest BCUT2D eigenvalue weighted by Crippen LogP contribution is -2.39. The van der Waals surface area contributed by atoms with Gasteiger partial charge in [-0.05, 0) is 30.4 Å². The van der Waals surface area contributed by atoms with E-state index in [1.54, 1.807) is 6.20 Å². The van der Waals surface area contributed by atoms with Crippen molar-refractivity contribution >= 4 is 5.82 Å². The van der Waals surface area contributed by atoms with Gasteiger partial charge in [0.25, 0.3) is 0 Å². The van der Waals surface area contributed by atoms with E-state index >= 15 is 0 Å². The summed E-state index contributed by atoms with van der Waals surface area (Å²) in [7, 11) is 0. The average Bonchev–Trinajstić information content (AvgIpc) is 2.33. The Morgan fingerprint density at radius 2 is 2.24 bits per heavy atom. The zero-order valence-electron chi connectivity index (χ0n) is 10.5. The van der Waals surface area contributed by atoms with Crippen molar-refractivity contribution in [3.05, 3.63) is 23.9 Å². The van der Waals surface area contributed by atoms with E-state index < -0.39 is 0 Å². The summed E-state index contributed by atoms with van der Waals surface area (Å²) >= 11 is 0.